The lowest BCUT2D eigenvalue weighted by Gasteiger charge is -2.18. The van der Waals surface area contributed by atoms with E-state index in [4.69, 9.17) is 15.0 Å². The third-order valence-electron chi connectivity index (χ3n) is 4.68. The van der Waals surface area contributed by atoms with Crippen LogP contribution in [0.4, 0.5) is 0 Å². The van der Waals surface area contributed by atoms with Gasteiger partial charge in [0.15, 0.2) is 5.82 Å². The van der Waals surface area contributed by atoms with Crippen molar-refractivity contribution in [3.05, 3.63) is 41.5 Å². The average Bonchev–Trinajstić information content (AvgIpc) is 3.24. The Kier molecular flexibility index (Phi) is 5.03. The molecule has 7 nitrogen and oxygen atoms in total. The highest BCUT2D eigenvalue weighted by molar-refractivity contribution is 5.73. The van der Waals surface area contributed by atoms with Gasteiger partial charge in [-0.1, -0.05) is 30.1 Å². The largest absolute Gasteiger partial charge is 0.497 e. The molecule has 0 saturated heterocycles. The zero-order chi connectivity index (χ0) is 17.9. The Morgan fingerprint density at radius 3 is 2.64 bits per heavy atom. The Morgan fingerprint density at radius 2 is 2.04 bits per heavy atom. The number of nitrogens with two attached hydrogens (primary N) is 1. The summed E-state index contributed by atoms with van der Waals surface area (Å²) < 4.78 is 10.6. The van der Waals surface area contributed by atoms with E-state index in [-0.39, 0.29) is 11.9 Å². The molecule has 25 heavy (non-hydrogen) atoms. The number of carbonyl (C=O) groups excluding carboxylic acids is 1. The molecule has 1 aliphatic carbocycles. The van der Waals surface area contributed by atoms with E-state index in [0.29, 0.717) is 18.1 Å². The van der Waals surface area contributed by atoms with Gasteiger partial charge in [0.2, 0.25) is 11.8 Å². The van der Waals surface area contributed by atoms with Crippen LogP contribution < -0.4 is 15.8 Å². The van der Waals surface area contributed by atoms with Crippen LogP contribution in [-0.2, 0) is 16.8 Å². The molecule has 0 radical (unpaired) electrons. The second kappa shape index (κ2) is 7.23. The van der Waals surface area contributed by atoms with Gasteiger partial charge in [0.1, 0.15) is 5.75 Å². The van der Waals surface area contributed by atoms with Crippen LogP contribution in [0, 0.1) is 0 Å². The molecule has 3 rings (SSSR count). The van der Waals surface area contributed by atoms with Crippen LogP contribution in [0.15, 0.2) is 28.8 Å². The fourth-order valence-corrected chi connectivity index (χ4v) is 3.28. The van der Waals surface area contributed by atoms with Crippen molar-refractivity contribution < 1.29 is 14.1 Å². The second-order valence-corrected chi connectivity index (χ2v) is 6.61. The highest BCUT2D eigenvalue weighted by atomic mass is 16.5. The summed E-state index contributed by atoms with van der Waals surface area (Å²) in [5.74, 6) is 1.68. The first kappa shape index (κ1) is 17.4. The number of aromatic nitrogens is 2. The summed E-state index contributed by atoms with van der Waals surface area (Å²) in [6, 6.07) is 7.29. The van der Waals surface area contributed by atoms with Gasteiger partial charge in [-0.2, -0.15) is 4.98 Å². The molecular weight excluding hydrogens is 320 g/mol. The number of methoxy groups -OCH3 is 1. The summed E-state index contributed by atoms with van der Waals surface area (Å²) in [5.41, 5.74) is 6.84. The van der Waals surface area contributed by atoms with Gasteiger partial charge in [0.05, 0.1) is 25.1 Å². The molecule has 1 aliphatic rings. The van der Waals surface area contributed by atoms with Crippen LogP contribution in [-0.4, -0.2) is 23.2 Å². The number of benzene rings is 1. The summed E-state index contributed by atoms with van der Waals surface area (Å²) in [4.78, 5) is 16.1. The van der Waals surface area contributed by atoms with Gasteiger partial charge in [0, 0.05) is 6.92 Å². The molecule has 7 heteroatoms. The van der Waals surface area contributed by atoms with Crippen molar-refractivity contribution in [2.24, 2.45) is 5.73 Å². The summed E-state index contributed by atoms with van der Waals surface area (Å²) >= 11 is 0. The highest BCUT2D eigenvalue weighted by Gasteiger charge is 2.36. The number of nitrogens with one attached hydrogen (secondary N) is 1. The maximum absolute atomic E-state index is 11.6. The highest BCUT2D eigenvalue weighted by Crippen LogP contribution is 2.34. The third kappa shape index (κ3) is 3.99. The molecule has 2 aromatic rings. The van der Waals surface area contributed by atoms with Crippen molar-refractivity contribution in [1.82, 2.24) is 15.5 Å². The first-order valence-electron chi connectivity index (χ1n) is 8.53. The minimum atomic E-state index is -0.481. The van der Waals surface area contributed by atoms with Crippen LogP contribution in [0.1, 0.15) is 55.9 Å². The maximum atomic E-state index is 11.6. The summed E-state index contributed by atoms with van der Waals surface area (Å²) in [5, 5.41) is 7.01. The lowest BCUT2D eigenvalue weighted by molar-refractivity contribution is -0.119. The van der Waals surface area contributed by atoms with Crippen molar-refractivity contribution in [3.63, 3.8) is 0 Å². The summed E-state index contributed by atoms with van der Waals surface area (Å²) in [6.45, 7) is 1.49. The number of hydrogen-bond donors (Lipinski definition) is 2. The molecule has 3 N–H and O–H groups in total. The predicted octanol–water partition coefficient (Wildman–Crippen LogP) is 2.23. The minimum absolute atomic E-state index is 0.119. The SMILES string of the molecule is COc1ccc(C(Cc2nc(C3(N)CCCC3)no2)NC(C)=O)cc1. The lowest BCUT2D eigenvalue weighted by Crippen LogP contribution is -2.34. The van der Waals surface area contributed by atoms with Gasteiger partial charge in [-0.3, -0.25) is 4.79 Å². The molecule has 1 amide bonds. The third-order valence-corrected chi connectivity index (χ3v) is 4.68. The van der Waals surface area contributed by atoms with E-state index in [1.807, 2.05) is 24.3 Å². The second-order valence-electron chi connectivity index (χ2n) is 6.61. The van der Waals surface area contributed by atoms with Gasteiger partial charge in [0.25, 0.3) is 0 Å². The van der Waals surface area contributed by atoms with Gasteiger partial charge < -0.3 is 20.3 Å². The molecule has 1 unspecified atom stereocenters. The summed E-state index contributed by atoms with van der Waals surface area (Å²) in [6.07, 6.45) is 4.33. The van der Waals surface area contributed by atoms with Crippen molar-refractivity contribution in [2.45, 2.75) is 50.6 Å². The van der Waals surface area contributed by atoms with E-state index in [9.17, 15) is 4.79 Å². The first-order chi connectivity index (χ1) is 12.0. The number of amides is 1. The normalized spacial score (nSPS) is 17.2. The van der Waals surface area contributed by atoms with Crippen molar-refractivity contribution in [1.29, 1.82) is 0 Å². The molecule has 1 saturated carbocycles. The Hall–Kier alpha value is -2.41. The first-order valence-corrected chi connectivity index (χ1v) is 8.53. The number of nitrogens with zero attached hydrogens (tertiary/aromatic N) is 2. The molecule has 1 atom stereocenters. The zero-order valence-corrected chi connectivity index (χ0v) is 14.6. The van der Waals surface area contributed by atoms with Gasteiger partial charge in [-0.05, 0) is 30.5 Å². The zero-order valence-electron chi connectivity index (χ0n) is 14.6. The number of rotatable bonds is 6. The fraction of sp³-hybridized carbons (Fsp3) is 0.500. The molecule has 1 heterocycles. The van der Waals surface area contributed by atoms with E-state index in [1.165, 1.54) is 6.92 Å². The number of carbonyl (C=O) groups is 1. The smallest absolute Gasteiger partial charge is 0.229 e. The van der Waals surface area contributed by atoms with Crippen molar-refractivity contribution >= 4 is 5.91 Å². The van der Waals surface area contributed by atoms with Gasteiger partial charge in [-0.25, -0.2) is 0 Å². The molecule has 134 valence electrons. The van der Waals surface area contributed by atoms with E-state index >= 15 is 0 Å². The Morgan fingerprint density at radius 1 is 1.36 bits per heavy atom. The Bertz CT molecular complexity index is 720. The van der Waals surface area contributed by atoms with E-state index in [0.717, 1.165) is 37.0 Å². The predicted molar refractivity (Wildman–Crippen MR) is 91.9 cm³/mol. The summed E-state index contributed by atoms with van der Waals surface area (Å²) in [7, 11) is 1.62. The maximum Gasteiger partial charge on any atom is 0.229 e. The molecule has 0 bridgehead atoms. The quantitative estimate of drug-likeness (QED) is 0.833. The van der Waals surface area contributed by atoms with Gasteiger partial charge in [-0.15, -0.1) is 0 Å². The monoisotopic (exact) mass is 344 g/mol. The lowest BCUT2D eigenvalue weighted by atomic mass is 9.98. The minimum Gasteiger partial charge on any atom is -0.497 e. The average molecular weight is 344 g/mol. The van der Waals surface area contributed by atoms with Crippen molar-refractivity contribution in [2.75, 3.05) is 7.11 Å². The van der Waals surface area contributed by atoms with Crippen LogP contribution in [0.25, 0.3) is 0 Å². The van der Waals surface area contributed by atoms with Crippen LogP contribution in [0.3, 0.4) is 0 Å². The number of ether oxygens (including phenoxy) is 1. The topological polar surface area (TPSA) is 103 Å². The number of hydrogen-bond acceptors (Lipinski definition) is 6. The fourth-order valence-electron chi connectivity index (χ4n) is 3.28. The van der Waals surface area contributed by atoms with E-state index < -0.39 is 5.54 Å². The molecular formula is C18H24N4O3. The van der Waals surface area contributed by atoms with E-state index in [2.05, 4.69) is 15.5 Å². The van der Waals surface area contributed by atoms with Crippen molar-refractivity contribution in [3.8, 4) is 5.75 Å². The molecule has 1 fully saturated rings. The van der Waals surface area contributed by atoms with Crippen LogP contribution in [0.5, 0.6) is 5.75 Å². The van der Waals surface area contributed by atoms with Crippen LogP contribution in [0.2, 0.25) is 0 Å². The van der Waals surface area contributed by atoms with E-state index in [1.54, 1.807) is 7.11 Å². The molecule has 1 aromatic heterocycles. The van der Waals surface area contributed by atoms with Crippen LogP contribution >= 0.6 is 0 Å². The standard InChI is InChI=1S/C18H24N4O3/c1-12(23)20-15(13-5-7-14(24-2)8-6-13)11-16-21-17(22-25-16)18(19)9-3-4-10-18/h5-8,15H,3-4,9-11,19H2,1-2H3,(H,20,23). The van der Waals surface area contributed by atoms with Gasteiger partial charge >= 0.3 is 0 Å². The molecule has 0 spiro atoms. The Balaban J connectivity index is 1.78. The molecule has 1 aromatic carbocycles. The Labute approximate surface area is 146 Å². The molecule has 0 aliphatic heterocycles.